The number of aromatic nitrogens is 2. The lowest BCUT2D eigenvalue weighted by atomic mass is 10.2. The highest BCUT2D eigenvalue weighted by molar-refractivity contribution is 5.92. The van der Waals surface area contributed by atoms with Crippen molar-refractivity contribution in [2.24, 2.45) is 0 Å². The van der Waals surface area contributed by atoms with Crippen molar-refractivity contribution in [1.82, 2.24) is 9.97 Å². The van der Waals surface area contributed by atoms with Gasteiger partial charge in [-0.1, -0.05) is 18.2 Å². The van der Waals surface area contributed by atoms with Crippen molar-refractivity contribution >= 4 is 28.1 Å². The Morgan fingerprint density at radius 3 is 2.74 bits per heavy atom. The minimum Gasteiger partial charge on any atom is -0.396 e. The number of hydrogen-bond donors (Lipinski definition) is 2. The second-order valence-electron chi connectivity index (χ2n) is 4.40. The summed E-state index contributed by atoms with van der Waals surface area (Å²) in [5.74, 6) is 0.665. The highest BCUT2D eigenvalue weighted by Crippen LogP contribution is 2.27. The zero-order valence-electron chi connectivity index (χ0n) is 10.6. The van der Waals surface area contributed by atoms with E-state index >= 15 is 0 Å². The van der Waals surface area contributed by atoms with Gasteiger partial charge in [-0.25, -0.2) is 4.98 Å². The van der Waals surface area contributed by atoms with Gasteiger partial charge in [-0.05, 0) is 30.7 Å². The maximum Gasteiger partial charge on any atom is 0.153 e. The summed E-state index contributed by atoms with van der Waals surface area (Å²) in [5, 5.41) is 4.34. The van der Waals surface area contributed by atoms with Crippen LogP contribution in [0.25, 0.3) is 10.9 Å². The van der Waals surface area contributed by atoms with Crippen LogP contribution in [0.1, 0.15) is 5.56 Å². The van der Waals surface area contributed by atoms with Gasteiger partial charge in [0.25, 0.3) is 0 Å². The van der Waals surface area contributed by atoms with Crippen LogP contribution in [0, 0.1) is 6.92 Å². The number of pyridine rings is 2. The lowest BCUT2D eigenvalue weighted by Crippen LogP contribution is -2.01. The minimum atomic E-state index is 0.662. The van der Waals surface area contributed by atoms with Crippen LogP contribution in [0.15, 0.2) is 48.8 Å². The predicted octanol–water partition coefficient (Wildman–Crippen LogP) is 3.26. The highest BCUT2D eigenvalue weighted by atomic mass is 15.0. The van der Waals surface area contributed by atoms with Gasteiger partial charge >= 0.3 is 0 Å². The van der Waals surface area contributed by atoms with E-state index in [-0.39, 0.29) is 0 Å². The lowest BCUT2D eigenvalue weighted by molar-refractivity contribution is 1.28. The SMILES string of the molecule is Cc1ccnc(Nc2cccc3cccnc23)c1N. The van der Waals surface area contributed by atoms with Crippen molar-refractivity contribution in [3.63, 3.8) is 0 Å². The van der Waals surface area contributed by atoms with E-state index in [2.05, 4.69) is 15.3 Å². The number of nitrogens with two attached hydrogens (primary N) is 1. The quantitative estimate of drug-likeness (QED) is 0.732. The summed E-state index contributed by atoms with van der Waals surface area (Å²) in [4.78, 5) is 8.68. The first-order chi connectivity index (χ1) is 9.25. The van der Waals surface area contributed by atoms with Crippen LogP contribution < -0.4 is 11.1 Å². The maximum absolute atomic E-state index is 6.03. The van der Waals surface area contributed by atoms with Gasteiger partial charge < -0.3 is 11.1 Å². The molecule has 2 aromatic heterocycles. The van der Waals surface area contributed by atoms with Gasteiger partial charge in [-0.2, -0.15) is 0 Å². The van der Waals surface area contributed by atoms with Crippen molar-refractivity contribution in [1.29, 1.82) is 0 Å². The Labute approximate surface area is 111 Å². The number of hydrogen-bond acceptors (Lipinski definition) is 4. The fourth-order valence-electron chi connectivity index (χ4n) is 2.00. The Balaban J connectivity index is 2.09. The lowest BCUT2D eigenvalue weighted by Gasteiger charge is -2.11. The molecule has 19 heavy (non-hydrogen) atoms. The molecule has 0 aliphatic carbocycles. The van der Waals surface area contributed by atoms with Crippen molar-refractivity contribution in [3.8, 4) is 0 Å². The molecule has 0 atom stereocenters. The number of para-hydroxylation sites is 1. The van der Waals surface area contributed by atoms with E-state index in [1.54, 1.807) is 12.4 Å². The number of aryl methyl sites for hydroxylation is 1. The molecule has 3 aromatic rings. The van der Waals surface area contributed by atoms with Crippen molar-refractivity contribution < 1.29 is 0 Å². The number of rotatable bonds is 2. The fraction of sp³-hybridized carbons (Fsp3) is 0.0667. The molecule has 3 rings (SSSR count). The van der Waals surface area contributed by atoms with Crippen LogP contribution in [0.3, 0.4) is 0 Å². The Morgan fingerprint density at radius 1 is 1.00 bits per heavy atom. The molecule has 0 bridgehead atoms. The molecule has 1 aromatic carbocycles. The first-order valence-electron chi connectivity index (χ1n) is 6.07. The Hall–Kier alpha value is -2.62. The van der Waals surface area contributed by atoms with E-state index in [0.717, 1.165) is 22.2 Å². The summed E-state index contributed by atoms with van der Waals surface area (Å²) in [6, 6.07) is 11.8. The van der Waals surface area contributed by atoms with Crippen molar-refractivity contribution in [2.75, 3.05) is 11.1 Å². The normalized spacial score (nSPS) is 10.6. The van der Waals surface area contributed by atoms with Gasteiger partial charge in [0.1, 0.15) is 0 Å². The Morgan fingerprint density at radius 2 is 1.84 bits per heavy atom. The molecule has 4 nitrogen and oxygen atoms in total. The van der Waals surface area contributed by atoms with Crippen LogP contribution in [0.2, 0.25) is 0 Å². The van der Waals surface area contributed by atoms with E-state index < -0.39 is 0 Å². The third-order valence-electron chi connectivity index (χ3n) is 3.09. The molecule has 0 spiro atoms. The second kappa shape index (κ2) is 4.57. The number of nitrogen functional groups attached to an aromatic ring is 1. The van der Waals surface area contributed by atoms with Gasteiger partial charge in [-0.15, -0.1) is 0 Å². The molecular formula is C15H14N4. The van der Waals surface area contributed by atoms with Crippen LogP contribution in [0.5, 0.6) is 0 Å². The molecule has 2 heterocycles. The average molecular weight is 250 g/mol. The third-order valence-corrected chi connectivity index (χ3v) is 3.09. The Bertz CT molecular complexity index is 732. The van der Waals surface area contributed by atoms with Gasteiger partial charge in [0.2, 0.25) is 0 Å². The number of nitrogens with one attached hydrogen (secondary N) is 1. The van der Waals surface area contributed by atoms with E-state index in [9.17, 15) is 0 Å². The van der Waals surface area contributed by atoms with E-state index in [4.69, 9.17) is 5.73 Å². The second-order valence-corrected chi connectivity index (χ2v) is 4.40. The van der Waals surface area contributed by atoms with E-state index in [1.165, 1.54) is 0 Å². The molecule has 0 unspecified atom stereocenters. The summed E-state index contributed by atoms with van der Waals surface area (Å²) in [6.07, 6.45) is 3.52. The molecule has 94 valence electrons. The summed E-state index contributed by atoms with van der Waals surface area (Å²) < 4.78 is 0. The largest absolute Gasteiger partial charge is 0.396 e. The minimum absolute atomic E-state index is 0.662. The zero-order chi connectivity index (χ0) is 13.2. The summed E-state index contributed by atoms with van der Waals surface area (Å²) in [5.41, 5.74) is 9.51. The predicted molar refractivity (Wildman–Crippen MR) is 78.4 cm³/mol. The molecule has 0 amide bonds. The van der Waals surface area contributed by atoms with Crippen LogP contribution in [-0.4, -0.2) is 9.97 Å². The molecule has 0 fully saturated rings. The van der Waals surface area contributed by atoms with Crippen molar-refractivity contribution in [3.05, 3.63) is 54.4 Å². The van der Waals surface area contributed by atoms with Gasteiger partial charge in [0, 0.05) is 17.8 Å². The molecule has 0 saturated heterocycles. The number of anilines is 3. The van der Waals surface area contributed by atoms with Gasteiger partial charge in [0.05, 0.1) is 16.9 Å². The van der Waals surface area contributed by atoms with Crippen LogP contribution in [0.4, 0.5) is 17.2 Å². The summed E-state index contributed by atoms with van der Waals surface area (Å²) in [6.45, 7) is 1.96. The maximum atomic E-state index is 6.03. The standard InChI is InChI=1S/C15H14N4/c1-10-7-9-18-15(13(10)16)19-12-6-2-4-11-5-3-8-17-14(11)12/h2-9H,16H2,1H3,(H,18,19). The average Bonchev–Trinajstić information content (AvgIpc) is 2.44. The van der Waals surface area contributed by atoms with Crippen molar-refractivity contribution in [2.45, 2.75) is 6.92 Å². The molecule has 4 heteroatoms. The monoisotopic (exact) mass is 250 g/mol. The first-order valence-corrected chi connectivity index (χ1v) is 6.07. The first kappa shape index (κ1) is 11.5. The zero-order valence-corrected chi connectivity index (χ0v) is 10.6. The number of nitrogens with zero attached hydrogens (tertiary/aromatic N) is 2. The highest BCUT2D eigenvalue weighted by Gasteiger charge is 2.06. The van der Waals surface area contributed by atoms with E-state index in [1.807, 2.05) is 43.3 Å². The molecule has 0 aliphatic heterocycles. The van der Waals surface area contributed by atoms with Gasteiger partial charge in [0.15, 0.2) is 5.82 Å². The van der Waals surface area contributed by atoms with Crippen LogP contribution >= 0.6 is 0 Å². The summed E-state index contributed by atoms with van der Waals surface area (Å²) >= 11 is 0. The fourth-order valence-corrected chi connectivity index (χ4v) is 2.00. The van der Waals surface area contributed by atoms with E-state index in [0.29, 0.717) is 11.5 Å². The Kier molecular flexibility index (Phi) is 2.76. The molecular weight excluding hydrogens is 236 g/mol. The van der Waals surface area contributed by atoms with Crippen LogP contribution in [-0.2, 0) is 0 Å². The third kappa shape index (κ3) is 2.08. The van der Waals surface area contributed by atoms with Gasteiger partial charge in [-0.3, -0.25) is 4.98 Å². The molecule has 0 radical (unpaired) electrons. The topological polar surface area (TPSA) is 63.8 Å². The molecule has 0 aliphatic rings. The number of fused-ring (bicyclic) bond motifs is 1. The summed E-state index contributed by atoms with van der Waals surface area (Å²) in [7, 11) is 0. The number of benzene rings is 1. The molecule has 3 N–H and O–H groups in total. The smallest absolute Gasteiger partial charge is 0.153 e. The molecule has 0 saturated carbocycles.